The minimum atomic E-state index is -0.465. The number of aliphatic hydroxyl groups is 1. The number of hydrogen-bond donors (Lipinski definition) is 1. The summed E-state index contributed by atoms with van der Waals surface area (Å²) in [5.74, 6) is 1.66. The van der Waals surface area contributed by atoms with Crippen LogP contribution in [0.2, 0.25) is 0 Å². The summed E-state index contributed by atoms with van der Waals surface area (Å²) in [5, 5.41) is 11.0. The van der Waals surface area contributed by atoms with Gasteiger partial charge in [-0.3, -0.25) is 9.69 Å². The molecule has 0 radical (unpaired) electrons. The standard InChI is InChI=1S/C18H29NO3/c1-11-9-13-14-5-3-7-19-8-4-6-15(18(14,19)10-11)17(16(13)21)22-12(2)20/h11,13-17,21H,3-10H2,1-2H3/t11-,13+,14+,15-,16+,17+,18+/m1/s1. The lowest BCUT2D eigenvalue weighted by Crippen LogP contribution is -2.75. The van der Waals surface area contributed by atoms with E-state index in [1.165, 1.54) is 45.7 Å². The Kier molecular flexibility index (Phi) is 3.53. The summed E-state index contributed by atoms with van der Waals surface area (Å²) in [5.41, 5.74) is 0.193. The smallest absolute Gasteiger partial charge is 0.303 e. The number of ether oxygens (including phenoxy) is 1. The first kappa shape index (κ1) is 14.9. The highest BCUT2D eigenvalue weighted by Crippen LogP contribution is 2.60. The first-order chi connectivity index (χ1) is 10.5. The van der Waals surface area contributed by atoms with Crippen molar-refractivity contribution in [3.8, 4) is 0 Å². The second-order valence-electron chi connectivity index (χ2n) is 8.25. The fraction of sp³-hybridized carbons (Fsp3) is 0.944. The van der Waals surface area contributed by atoms with Gasteiger partial charge in [-0.1, -0.05) is 6.92 Å². The fourth-order valence-electron chi connectivity index (χ4n) is 6.71. The number of hydrogen-bond acceptors (Lipinski definition) is 4. The highest BCUT2D eigenvalue weighted by Gasteiger charge is 2.65. The van der Waals surface area contributed by atoms with Gasteiger partial charge in [-0.25, -0.2) is 0 Å². The monoisotopic (exact) mass is 307 g/mol. The molecule has 2 aliphatic carbocycles. The van der Waals surface area contributed by atoms with E-state index in [-0.39, 0.29) is 17.6 Å². The molecular formula is C18H29NO3. The average molecular weight is 307 g/mol. The number of aliphatic hydroxyl groups excluding tert-OH is 1. The summed E-state index contributed by atoms with van der Waals surface area (Å²) in [4.78, 5) is 14.3. The van der Waals surface area contributed by atoms with Gasteiger partial charge in [0.2, 0.25) is 0 Å². The number of esters is 1. The number of nitrogens with zero attached hydrogens (tertiary/aromatic N) is 1. The molecule has 2 aliphatic heterocycles. The van der Waals surface area contributed by atoms with Crippen LogP contribution in [0.3, 0.4) is 0 Å². The first-order valence-corrected chi connectivity index (χ1v) is 9.14. The molecular weight excluding hydrogens is 278 g/mol. The molecule has 4 aliphatic rings. The van der Waals surface area contributed by atoms with Gasteiger partial charge in [0.1, 0.15) is 6.10 Å². The third-order valence-corrected chi connectivity index (χ3v) is 7.10. The number of piperidine rings is 2. The van der Waals surface area contributed by atoms with Crippen molar-refractivity contribution in [2.24, 2.45) is 23.7 Å². The molecule has 2 saturated heterocycles. The van der Waals surface area contributed by atoms with Crippen molar-refractivity contribution in [3.05, 3.63) is 0 Å². The zero-order valence-corrected chi connectivity index (χ0v) is 13.8. The maximum absolute atomic E-state index is 11.6. The molecule has 4 nitrogen and oxygen atoms in total. The number of rotatable bonds is 1. The van der Waals surface area contributed by atoms with Crippen LogP contribution in [-0.4, -0.2) is 46.8 Å². The van der Waals surface area contributed by atoms with E-state index in [1.54, 1.807) is 0 Å². The van der Waals surface area contributed by atoms with Crippen molar-refractivity contribution in [2.45, 2.75) is 70.1 Å². The molecule has 2 saturated carbocycles. The zero-order valence-electron chi connectivity index (χ0n) is 13.8. The predicted molar refractivity (Wildman–Crippen MR) is 83.2 cm³/mol. The lowest BCUT2D eigenvalue weighted by atomic mass is 9.47. The van der Waals surface area contributed by atoms with E-state index in [9.17, 15) is 9.90 Å². The van der Waals surface area contributed by atoms with E-state index >= 15 is 0 Å². The Labute approximate surface area is 133 Å². The Morgan fingerprint density at radius 3 is 2.59 bits per heavy atom. The van der Waals surface area contributed by atoms with Crippen molar-refractivity contribution in [3.63, 3.8) is 0 Å². The topological polar surface area (TPSA) is 49.8 Å². The molecule has 22 heavy (non-hydrogen) atoms. The molecule has 0 aromatic carbocycles. The zero-order chi connectivity index (χ0) is 15.5. The van der Waals surface area contributed by atoms with Crippen LogP contribution in [0.4, 0.5) is 0 Å². The Hall–Kier alpha value is -0.610. The van der Waals surface area contributed by atoms with Crippen molar-refractivity contribution < 1.29 is 14.6 Å². The SMILES string of the molecule is CC(=O)O[C@@H]1[C@@H](O)[C@H]2C[C@@H](C)C[C@]34[C@@H]1CCCN3CCC[C@@H]24. The number of carbonyl (C=O) groups is 1. The van der Waals surface area contributed by atoms with Gasteiger partial charge in [0.05, 0.1) is 6.10 Å². The van der Waals surface area contributed by atoms with Crippen molar-refractivity contribution in [2.75, 3.05) is 13.1 Å². The second-order valence-corrected chi connectivity index (χ2v) is 8.25. The number of carbonyl (C=O) groups excluding carboxylic acids is 1. The minimum Gasteiger partial charge on any atom is -0.459 e. The van der Waals surface area contributed by atoms with Gasteiger partial charge < -0.3 is 9.84 Å². The fourth-order valence-corrected chi connectivity index (χ4v) is 6.71. The van der Waals surface area contributed by atoms with Crippen LogP contribution in [0.25, 0.3) is 0 Å². The second kappa shape index (κ2) is 5.20. The minimum absolute atomic E-state index is 0.193. The molecule has 1 spiro atoms. The summed E-state index contributed by atoms with van der Waals surface area (Å²) in [6.07, 6.45) is 6.34. The van der Waals surface area contributed by atoms with E-state index in [4.69, 9.17) is 4.74 Å². The normalized spacial score (nSPS) is 51.0. The molecule has 0 aromatic rings. The molecule has 0 unspecified atom stereocenters. The third-order valence-electron chi connectivity index (χ3n) is 7.10. The summed E-state index contributed by atoms with van der Waals surface area (Å²) in [6, 6.07) is 0. The molecule has 1 N–H and O–H groups in total. The Morgan fingerprint density at radius 2 is 1.91 bits per heavy atom. The molecule has 124 valence electrons. The molecule has 2 heterocycles. The van der Waals surface area contributed by atoms with E-state index in [0.29, 0.717) is 23.7 Å². The molecule has 4 heteroatoms. The summed E-state index contributed by atoms with van der Waals surface area (Å²) < 4.78 is 5.69. The summed E-state index contributed by atoms with van der Waals surface area (Å²) in [6.45, 7) is 6.20. The van der Waals surface area contributed by atoms with E-state index in [1.807, 2.05) is 0 Å². The van der Waals surface area contributed by atoms with E-state index in [0.717, 1.165) is 12.8 Å². The summed E-state index contributed by atoms with van der Waals surface area (Å²) >= 11 is 0. The van der Waals surface area contributed by atoms with Crippen LogP contribution in [0.15, 0.2) is 0 Å². The molecule has 0 amide bonds. The van der Waals surface area contributed by atoms with Crippen LogP contribution in [0, 0.1) is 23.7 Å². The Balaban J connectivity index is 1.78. The Bertz CT molecular complexity index is 465. The van der Waals surface area contributed by atoms with Crippen LogP contribution < -0.4 is 0 Å². The van der Waals surface area contributed by atoms with Crippen molar-refractivity contribution in [1.82, 2.24) is 4.90 Å². The maximum Gasteiger partial charge on any atom is 0.303 e. The van der Waals surface area contributed by atoms with Crippen LogP contribution in [0.1, 0.15) is 52.4 Å². The van der Waals surface area contributed by atoms with E-state index < -0.39 is 6.10 Å². The molecule has 4 rings (SSSR count). The summed E-state index contributed by atoms with van der Waals surface area (Å²) in [7, 11) is 0. The third kappa shape index (κ3) is 1.92. The first-order valence-electron chi connectivity index (χ1n) is 9.14. The van der Waals surface area contributed by atoms with Crippen LogP contribution >= 0.6 is 0 Å². The highest BCUT2D eigenvalue weighted by atomic mass is 16.6. The van der Waals surface area contributed by atoms with Gasteiger partial charge in [0.25, 0.3) is 0 Å². The van der Waals surface area contributed by atoms with Gasteiger partial charge in [-0.15, -0.1) is 0 Å². The van der Waals surface area contributed by atoms with Gasteiger partial charge in [-0.05, 0) is 69.4 Å². The van der Waals surface area contributed by atoms with Crippen molar-refractivity contribution in [1.29, 1.82) is 0 Å². The highest BCUT2D eigenvalue weighted by molar-refractivity contribution is 5.66. The van der Waals surface area contributed by atoms with Gasteiger partial charge in [0, 0.05) is 18.4 Å². The lowest BCUT2D eigenvalue weighted by molar-refractivity contribution is -0.242. The van der Waals surface area contributed by atoms with E-state index in [2.05, 4.69) is 11.8 Å². The van der Waals surface area contributed by atoms with Gasteiger partial charge in [-0.2, -0.15) is 0 Å². The molecule has 7 atom stereocenters. The van der Waals surface area contributed by atoms with Gasteiger partial charge >= 0.3 is 5.97 Å². The molecule has 0 aromatic heterocycles. The van der Waals surface area contributed by atoms with Crippen LogP contribution in [-0.2, 0) is 9.53 Å². The lowest BCUT2D eigenvalue weighted by Gasteiger charge is -2.68. The largest absolute Gasteiger partial charge is 0.459 e. The average Bonchev–Trinajstić information content (AvgIpc) is 2.47. The Morgan fingerprint density at radius 1 is 1.23 bits per heavy atom. The van der Waals surface area contributed by atoms with Crippen molar-refractivity contribution >= 4 is 5.97 Å². The van der Waals surface area contributed by atoms with Gasteiger partial charge in [0.15, 0.2) is 0 Å². The predicted octanol–water partition coefficient (Wildman–Crippen LogP) is 2.20. The quantitative estimate of drug-likeness (QED) is 0.755. The van der Waals surface area contributed by atoms with Crippen LogP contribution in [0.5, 0.6) is 0 Å². The molecule has 2 bridgehead atoms. The molecule has 4 fully saturated rings. The maximum atomic E-state index is 11.6.